The first-order valence-electron chi connectivity index (χ1n) is 6.87. The summed E-state index contributed by atoms with van der Waals surface area (Å²) >= 11 is 0. The summed E-state index contributed by atoms with van der Waals surface area (Å²) in [5.41, 5.74) is 2.69. The Hall–Kier alpha value is -2.09. The SMILES string of the molecule is CC1=c2ccccc2=C(C)C2(C)C=C(C(=O)O)C=CC12. The van der Waals surface area contributed by atoms with E-state index in [0.29, 0.717) is 5.57 Å². The molecule has 0 bridgehead atoms. The van der Waals surface area contributed by atoms with Crippen molar-refractivity contribution >= 4 is 17.1 Å². The summed E-state index contributed by atoms with van der Waals surface area (Å²) in [4.78, 5) is 11.3. The minimum Gasteiger partial charge on any atom is -0.478 e. The maximum absolute atomic E-state index is 11.3. The van der Waals surface area contributed by atoms with Crippen LogP contribution in [0.25, 0.3) is 11.1 Å². The summed E-state index contributed by atoms with van der Waals surface area (Å²) in [7, 11) is 0. The van der Waals surface area contributed by atoms with Gasteiger partial charge >= 0.3 is 5.97 Å². The Balaban J connectivity index is 2.37. The first-order valence-corrected chi connectivity index (χ1v) is 6.87. The van der Waals surface area contributed by atoms with Gasteiger partial charge in [-0.2, -0.15) is 0 Å². The number of aliphatic carboxylic acids is 1. The third kappa shape index (κ3) is 1.61. The van der Waals surface area contributed by atoms with Crippen LogP contribution in [0, 0.1) is 11.3 Å². The van der Waals surface area contributed by atoms with E-state index in [1.165, 1.54) is 21.6 Å². The van der Waals surface area contributed by atoms with Crippen molar-refractivity contribution in [3.63, 3.8) is 0 Å². The molecule has 0 aromatic heterocycles. The van der Waals surface area contributed by atoms with Crippen LogP contribution in [0.2, 0.25) is 0 Å². The second-order valence-corrected chi connectivity index (χ2v) is 5.88. The van der Waals surface area contributed by atoms with Crippen LogP contribution < -0.4 is 10.4 Å². The maximum atomic E-state index is 11.3. The standard InChI is InChI=1S/C18H18O2/c1-11-14-6-4-5-7-15(14)12(2)18(3)10-13(17(19)20)8-9-16(11)18/h4-10,16H,1-3H3,(H,19,20). The predicted octanol–water partition coefficient (Wildman–Crippen LogP) is 2.24. The molecule has 3 rings (SSSR count). The van der Waals surface area contributed by atoms with Crippen LogP contribution in [0.1, 0.15) is 20.8 Å². The molecule has 2 aliphatic carbocycles. The third-order valence-electron chi connectivity index (χ3n) is 4.85. The van der Waals surface area contributed by atoms with Gasteiger partial charge in [0.1, 0.15) is 0 Å². The summed E-state index contributed by atoms with van der Waals surface area (Å²) in [5.74, 6) is -0.620. The van der Waals surface area contributed by atoms with Gasteiger partial charge in [-0.25, -0.2) is 4.79 Å². The summed E-state index contributed by atoms with van der Waals surface area (Å²) in [6.07, 6.45) is 5.69. The molecular formula is C18H18O2. The number of hydrogen-bond donors (Lipinski definition) is 1. The van der Waals surface area contributed by atoms with Crippen molar-refractivity contribution in [3.05, 3.63) is 58.5 Å². The molecule has 0 amide bonds. The highest BCUT2D eigenvalue weighted by molar-refractivity contribution is 5.91. The van der Waals surface area contributed by atoms with E-state index in [1.807, 2.05) is 18.2 Å². The molecule has 0 fully saturated rings. The van der Waals surface area contributed by atoms with Crippen LogP contribution in [-0.4, -0.2) is 11.1 Å². The zero-order chi connectivity index (χ0) is 14.5. The summed E-state index contributed by atoms with van der Waals surface area (Å²) < 4.78 is 0. The normalized spacial score (nSPS) is 27.8. The summed E-state index contributed by atoms with van der Waals surface area (Å²) in [6.45, 7) is 6.41. The lowest BCUT2D eigenvalue weighted by molar-refractivity contribution is -0.132. The smallest absolute Gasteiger partial charge is 0.335 e. The highest BCUT2D eigenvalue weighted by atomic mass is 16.4. The van der Waals surface area contributed by atoms with E-state index in [9.17, 15) is 9.90 Å². The average Bonchev–Trinajstić information content (AvgIpc) is 2.44. The Bertz CT molecular complexity index is 780. The Morgan fingerprint density at radius 1 is 1.20 bits per heavy atom. The van der Waals surface area contributed by atoms with E-state index in [0.717, 1.165) is 0 Å². The second-order valence-electron chi connectivity index (χ2n) is 5.88. The van der Waals surface area contributed by atoms with Crippen molar-refractivity contribution in [1.82, 2.24) is 0 Å². The van der Waals surface area contributed by atoms with E-state index in [-0.39, 0.29) is 11.3 Å². The zero-order valence-electron chi connectivity index (χ0n) is 12.0. The van der Waals surface area contributed by atoms with Crippen molar-refractivity contribution in [3.8, 4) is 0 Å². The van der Waals surface area contributed by atoms with Crippen LogP contribution in [0.5, 0.6) is 0 Å². The molecule has 0 aliphatic heterocycles. The molecule has 1 aromatic rings. The van der Waals surface area contributed by atoms with Gasteiger partial charge in [-0.1, -0.05) is 60.6 Å². The molecule has 1 aromatic carbocycles. The highest BCUT2D eigenvalue weighted by Gasteiger charge is 2.39. The van der Waals surface area contributed by atoms with Crippen molar-refractivity contribution in [2.45, 2.75) is 20.8 Å². The fraction of sp³-hybridized carbons (Fsp3) is 0.278. The Morgan fingerprint density at radius 3 is 2.50 bits per heavy atom. The van der Waals surface area contributed by atoms with Crippen molar-refractivity contribution < 1.29 is 9.90 Å². The Labute approximate surface area is 118 Å². The lowest BCUT2D eigenvalue weighted by atomic mass is 9.63. The molecule has 2 aliphatic rings. The molecule has 20 heavy (non-hydrogen) atoms. The molecule has 0 saturated carbocycles. The number of rotatable bonds is 1. The monoisotopic (exact) mass is 266 g/mol. The van der Waals surface area contributed by atoms with Crippen LogP contribution in [0.4, 0.5) is 0 Å². The number of benzene rings is 1. The van der Waals surface area contributed by atoms with Crippen molar-refractivity contribution in [1.29, 1.82) is 0 Å². The molecule has 0 heterocycles. The minimum atomic E-state index is -0.856. The van der Waals surface area contributed by atoms with Crippen LogP contribution in [0.3, 0.4) is 0 Å². The topological polar surface area (TPSA) is 37.3 Å². The number of hydrogen-bond acceptors (Lipinski definition) is 1. The Kier molecular flexibility index (Phi) is 2.72. The summed E-state index contributed by atoms with van der Waals surface area (Å²) in [5, 5.41) is 11.8. The molecule has 2 unspecified atom stereocenters. The van der Waals surface area contributed by atoms with E-state index < -0.39 is 5.97 Å². The molecular weight excluding hydrogens is 248 g/mol. The Morgan fingerprint density at radius 2 is 1.85 bits per heavy atom. The first kappa shape index (κ1) is 12.9. The fourth-order valence-electron chi connectivity index (χ4n) is 3.54. The number of fused-ring (bicyclic) bond motifs is 2. The maximum Gasteiger partial charge on any atom is 0.335 e. The largest absolute Gasteiger partial charge is 0.478 e. The van der Waals surface area contributed by atoms with Gasteiger partial charge in [0.25, 0.3) is 0 Å². The quantitative estimate of drug-likeness (QED) is 0.846. The van der Waals surface area contributed by atoms with Crippen molar-refractivity contribution in [2.24, 2.45) is 11.3 Å². The van der Waals surface area contributed by atoms with E-state index in [4.69, 9.17) is 0 Å². The van der Waals surface area contributed by atoms with Gasteiger partial charge in [-0.15, -0.1) is 0 Å². The molecule has 0 spiro atoms. The van der Waals surface area contributed by atoms with Crippen LogP contribution >= 0.6 is 0 Å². The molecule has 2 atom stereocenters. The average molecular weight is 266 g/mol. The van der Waals surface area contributed by atoms with Gasteiger partial charge in [0.2, 0.25) is 0 Å². The molecule has 0 radical (unpaired) electrons. The van der Waals surface area contributed by atoms with E-state index in [1.54, 1.807) is 6.08 Å². The van der Waals surface area contributed by atoms with Crippen LogP contribution in [-0.2, 0) is 4.79 Å². The molecule has 2 nitrogen and oxygen atoms in total. The van der Waals surface area contributed by atoms with Gasteiger partial charge in [0.05, 0.1) is 5.57 Å². The van der Waals surface area contributed by atoms with Gasteiger partial charge in [-0.3, -0.25) is 0 Å². The van der Waals surface area contributed by atoms with Gasteiger partial charge in [0.15, 0.2) is 0 Å². The first-order chi connectivity index (χ1) is 9.45. The number of carboxylic acid groups (broad SMARTS) is 1. The molecule has 1 N–H and O–H groups in total. The lowest BCUT2D eigenvalue weighted by Crippen LogP contribution is -2.43. The van der Waals surface area contributed by atoms with E-state index >= 15 is 0 Å². The zero-order valence-corrected chi connectivity index (χ0v) is 12.0. The fourth-order valence-corrected chi connectivity index (χ4v) is 3.54. The van der Waals surface area contributed by atoms with Crippen molar-refractivity contribution in [2.75, 3.05) is 0 Å². The number of carboxylic acids is 1. The third-order valence-corrected chi connectivity index (χ3v) is 4.85. The minimum absolute atomic E-state index is 0.237. The van der Waals surface area contributed by atoms with Gasteiger partial charge in [0, 0.05) is 11.3 Å². The molecule has 2 heteroatoms. The number of allylic oxidation sites excluding steroid dienone is 2. The summed E-state index contributed by atoms with van der Waals surface area (Å²) in [6, 6.07) is 8.38. The molecule has 0 saturated heterocycles. The molecule has 102 valence electrons. The highest BCUT2D eigenvalue weighted by Crippen LogP contribution is 2.46. The second kappa shape index (κ2) is 4.20. The van der Waals surface area contributed by atoms with Gasteiger partial charge in [-0.05, 0) is 24.3 Å². The predicted molar refractivity (Wildman–Crippen MR) is 80.3 cm³/mol. The lowest BCUT2D eigenvalue weighted by Gasteiger charge is -2.40. The van der Waals surface area contributed by atoms with E-state index in [2.05, 4.69) is 39.0 Å². The number of carbonyl (C=O) groups is 1. The van der Waals surface area contributed by atoms with Gasteiger partial charge < -0.3 is 5.11 Å². The van der Waals surface area contributed by atoms with Crippen LogP contribution in [0.15, 0.2) is 48.1 Å².